The van der Waals surface area contributed by atoms with Crippen LogP contribution in [0.3, 0.4) is 0 Å². The van der Waals surface area contributed by atoms with Crippen LogP contribution in [-0.2, 0) is 9.53 Å². The predicted octanol–water partition coefficient (Wildman–Crippen LogP) is 3.19. The van der Waals surface area contributed by atoms with E-state index in [1.165, 1.54) is 18.9 Å². The molecule has 5 nitrogen and oxygen atoms in total. The summed E-state index contributed by atoms with van der Waals surface area (Å²) in [6, 6.07) is 0. The molecule has 0 atom stereocenters. The molecule has 0 heterocycles. The zero-order chi connectivity index (χ0) is 14.2. The number of amides is 1. The van der Waals surface area contributed by atoms with E-state index in [2.05, 4.69) is 17.2 Å². The standard InChI is InChI=1S/C14H26N2O3/c1-2-3-4-9-12-19-14(18)16-11-8-6-5-7-10-15-13-17/h2-12H2,1H3,(H,16,18). The molecule has 0 bridgehead atoms. The lowest BCUT2D eigenvalue weighted by Gasteiger charge is -2.06. The SMILES string of the molecule is CCCCCCOC(=O)NCCCCCCN=C=O. The van der Waals surface area contributed by atoms with Gasteiger partial charge >= 0.3 is 6.09 Å². The van der Waals surface area contributed by atoms with E-state index in [0.29, 0.717) is 19.7 Å². The molecule has 19 heavy (non-hydrogen) atoms. The molecule has 1 amide bonds. The maximum Gasteiger partial charge on any atom is 0.407 e. The summed E-state index contributed by atoms with van der Waals surface area (Å²) in [5.41, 5.74) is 0. The van der Waals surface area contributed by atoms with Gasteiger partial charge in [0, 0.05) is 6.54 Å². The minimum Gasteiger partial charge on any atom is -0.450 e. The summed E-state index contributed by atoms with van der Waals surface area (Å²) in [5.74, 6) is 0. The van der Waals surface area contributed by atoms with Crippen molar-refractivity contribution in [2.24, 2.45) is 4.99 Å². The van der Waals surface area contributed by atoms with Gasteiger partial charge in [-0.1, -0.05) is 39.0 Å². The van der Waals surface area contributed by atoms with Crippen LogP contribution in [0.1, 0.15) is 58.3 Å². The average Bonchev–Trinajstić information content (AvgIpc) is 2.41. The van der Waals surface area contributed by atoms with Crippen molar-refractivity contribution in [3.63, 3.8) is 0 Å². The Kier molecular flexibility index (Phi) is 13.7. The highest BCUT2D eigenvalue weighted by molar-refractivity contribution is 5.66. The minimum absolute atomic E-state index is 0.318. The molecular weight excluding hydrogens is 244 g/mol. The molecule has 0 saturated carbocycles. The van der Waals surface area contributed by atoms with E-state index >= 15 is 0 Å². The summed E-state index contributed by atoms with van der Waals surface area (Å²) in [6.45, 7) is 3.86. The Bertz CT molecular complexity index is 263. The normalized spacial score (nSPS) is 9.74. The van der Waals surface area contributed by atoms with Crippen molar-refractivity contribution in [3.05, 3.63) is 0 Å². The van der Waals surface area contributed by atoms with Crippen molar-refractivity contribution in [2.45, 2.75) is 58.3 Å². The van der Waals surface area contributed by atoms with E-state index < -0.39 is 0 Å². The molecule has 1 N–H and O–H groups in total. The van der Waals surface area contributed by atoms with Crippen LogP contribution in [0.2, 0.25) is 0 Å². The van der Waals surface area contributed by atoms with Gasteiger partial charge in [0.2, 0.25) is 6.08 Å². The first-order chi connectivity index (χ1) is 9.31. The summed E-state index contributed by atoms with van der Waals surface area (Å²) < 4.78 is 5.04. The largest absolute Gasteiger partial charge is 0.450 e. The second-order valence-corrected chi connectivity index (χ2v) is 4.51. The number of hydrogen-bond donors (Lipinski definition) is 1. The van der Waals surface area contributed by atoms with Gasteiger partial charge in [-0.25, -0.2) is 14.6 Å². The molecule has 0 aliphatic heterocycles. The number of carbonyl (C=O) groups is 1. The van der Waals surface area contributed by atoms with E-state index in [-0.39, 0.29) is 6.09 Å². The van der Waals surface area contributed by atoms with Gasteiger partial charge in [0.15, 0.2) is 0 Å². The zero-order valence-corrected chi connectivity index (χ0v) is 12.0. The van der Waals surface area contributed by atoms with Gasteiger partial charge in [-0.05, 0) is 19.3 Å². The molecule has 5 heteroatoms. The number of hydrogen-bond acceptors (Lipinski definition) is 4. The summed E-state index contributed by atoms with van der Waals surface area (Å²) >= 11 is 0. The Morgan fingerprint density at radius 1 is 1.11 bits per heavy atom. The van der Waals surface area contributed by atoms with Crippen LogP contribution in [0.5, 0.6) is 0 Å². The highest BCUT2D eigenvalue weighted by atomic mass is 16.5. The van der Waals surface area contributed by atoms with Gasteiger partial charge in [-0.2, -0.15) is 0 Å². The molecule has 0 radical (unpaired) electrons. The summed E-state index contributed by atoms with van der Waals surface area (Å²) in [4.78, 5) is 24.5. The Labute approximate surface area is 115 Å². The first-order valence-electron chi connectivity index (χ1n) is 7.25. The van der Waals surface area contributed by atoms with E-state index in [0.717, 1.165) is 38.5 Å². The number of unbranched alkanes of at least 4 members (excludes halogenated alkanes) is 6. The molecule has 0 aromatic carbocycles. The maximum absolute atomic E-state index is 11.3. The Balaban J connectivity index is 3.18. The topological polar surface area (TPSA) is 67.8 Å². The molecule has 0 aromatic rings. The zero-order valence-electron chi connectivity index (χ0n) is 12.0. The van der Waals surface area contributed by atoms with Gasteiger partial charge in [-0.15, -0.1) is 0 Å². The maximum atomic E-state index is 11.3. The molecule has 0 aliphatic carbocycles. The second kappa shape index (κ2) is 14.7. The first-order valence-corrected chi connectivity index (χ1v) is 7.25. The number of ether oxygens (including phenoxy) is 1. The number of isocyanates is 1. The second-order valence-electron chi connectivity index (χ2n) is 4.51. The van der Waals surface area contributed by atoms with Gasteiger partial charge in [0.05, 0.1) is 13.2 Å². The number of aliphatic imine (C=N–C) groups is 1. The van der Waals surface area contributed by atoms with Crippen molar-refractivity contribution in [1.29, 1.82) is 0 Å². The Hall–Kier alpha value is -1.35. The van der Waals surface area contributed by atoms with Crippen LogP contribution >= 0.6 is 0 Å². The lowest BCUT2D eigenvalue weighted by Crippen LogP contribution is -2.25. The van der Waals surface area contributed by atoms with E-state index in [1.807, 2.05) is 0 Å². The summed E-state index contributed by atoms with van der Waals surface area (Å²) in [5, 5.41) is 2.73. The molecule has 0 saturated heterocycles. The smallest absolute Gasteiger partial charge is 0.407 e. The van der Waals surface area contributed by atoms with Crippen LogP contribution in [0, 0.1) is 0 Å². The van der Waals surface area contributed by atoms with Crippen molar-refractivity contribution in [3.8, 4) is 0 Å². The quantitative estimate of drug-likeness (QED) is 0.336. The average molecular weight is 270 g/mol. The van der Waals surface area contributed by atoms with E-state index in [1.54, 1.807) is 0 Å². The lowest BCUT2D eigenvalue weighted by molar-refractivity contribution is 0.143. The monoisotopic (exact) mass is 270 g/mol. The molecule has 0 aliphatic rings. The predicted molar refractivity (Wildman–Crippen MR) is 74.9 cm³/mol. The van der Waals surface area contributed by atoms with E-state index in [4.69, 9.17) is 4.74 Å². The molecular formula is C14H26N2O3. The lowest BCUT2D eigenvalue weighted by atomic mass is 10.2. The fraction of sp³-hybridized carbons (Fsp3) is 0.857. The van der Waals surface area contributed by atoms with Crippen LogP contribution in [0.25, 0.3) is 0 Å². The third-order valence-corrected chi connectivity index (χ3v) is 2.76. The summed E-state index contributed by atoms with van der Waals surface area (Å²) in [6.07, 6.45) is 9.50. The molecule has 0 aromatic heterocycles. The summed E-state index contributed by atoms with van der Waals surface area (Å²) in [7, 11) is 0. The van der Waals surface area contributed by atoms with Crippen molar-refractivity contribution in [2.75, 3.05) is 19.7 Å². The minimum atomic E-state index is -0.318. The highest BCUT2D eigenvalue weighted by Crippen LogP contribution is 2.00. The third kappa shape index (κ3) is 14.6. The fourth-order valence-corrected chi connectivity index (χ4v) is 1.65. The van der Waals surface area contributed by atoms with Crippen molar-refractivity contribution >= 4 is 12.2 Å². The van der Waals surface area contributed by atoms with Crippen molar-refractivity contribution in [1.82, 2.24) is 5.32 Å². The van der Waals surface area contributed by atoms with Gasteiger partial charge < -0.3 is 10.1 Å². The number of nitrogens with one attached hydrogen (secondary N) is 1. The Morgan fingerprint density at radius 3 is 2.58 bits per heavy atom. The number of alkyl carbamates (subject to hydrolysis) is 1. The molecule has 0 unspecified atom stereocenters. The van der Waals surface area contributed by atoms with Crippen molar-refractivity contribution < 1.29 is 14.3 Å². The number of carbonyl (C=O) groups excluding carboxylic acids is 2. The molecule has 0 rings (SSSR count). The number of nitrogens with zero attached hydrogens (tertiary/aromatic N) is 1. The van der Waals surface area contributed by atoms with E-state index in [9.17, 15) is 9.59 Å². The number of rotatable bonds is 12. The van der Waals surface area contributed by atoms with Crippen LogP contribution in [-0.4, -0.2) is 31.9 Å². The first kappa shape index (κ1) is 17.6. The van der Waals surface area contributed by atoms with Crippen LogP contribution in [0.4, 0.5) is 4.79 Å². The molecule has 0 fully saturated rings. The van der Waals surface area contributed by atoms with Gasteiger partial charge in [-0.3, -0.25) is 0 Å². The fourth-order valence-electron chi connectivity index (χ4n) is 1.65. The molecule has 0 spiro atoms. The third-order valence-electron chi connectivity index (χ3n) is 2.76. The highest BCUT2D eigenvalue weighted by Gasteiger charge is 2.00. The van der Waals surface area contributed by atoms with Crippen LogP contribution < -0.4 is 5.32 Å². The van der Waals surface area contributed by atoms with Crippen LogP contribution in [0.15, 0.2) is 4.99 Å². The molecule has 110 valence electrons. The van der Waals surface area contributed by atoms with Gasteiger partial charge in [0.25, 0.3) is 0 Å². The Morgan fingerprint density at radius 2 is 1.84 bits per heavy atom. The van der Waals surface area contributed by atoms with Gasteiger partial charge in [0.1, 0.15) is 0 Å².